The van der Waals surface area contributed by atoms with Crippen LogP contribution in [0.1, 0.15) is 22.8 Å². The Labute approximate surface area is 95.2 Å². The lowest BCUT2D eigenvalue weighted by atomic mass is 10.1. The summed E-state index contributed by atoms with van der Waals surface area (Å²) in [6.07, 6.45) is 0. The van der Waals surface area contributed by atoms with Crippen LogP contribution in [-0.4, -0.2) is 17.7 Å². The van der Waals surface area contributed by atoms with Crippen LogP contribution in [0.4, 0.5) is 0 Å². The predicted octanol–water partition coefficient (Wildman–Crippen LogP) is 2.20. The number of halogens is 1. The second kappa shape index (κ2) is 4.80. The molecule has 0 bridgehead atoms. The Morgan fingerprint density at radius 3 is 2.87 bits per heavy atom. The maximum atomic E-state index is 11.4. The fraction of sp³-hybridized carbons (Fsp3) is 0.200. The van der Waals surface area contributed by atoms with Crippen LogP contribution in [0.5, 0.6) is 5.75 Å². The highest BCUT2D eigenvalue weighted by molar-refractivity contribution is 9.10. The average molecular weight is 270 g/mol. The van der Waals surface area contributed by atoms with Crippen molar-refractivity contribution in [3.63, 3.8) is 0 Å². The summed E-state index contributed by atoms with van der Waals surface area (Å²) in [6, 6.07) is 4.60. The number of esters is 1. The van der Waals surface area contributed by atoms with Crippen LogP contribution in [0.2, 0.25) is 0 Å². The summed E-state index contributed by atoms with van der Waals surface area (Å²) in [6.45, 7) is 1.87. The number of benzene rings is 1. The van der Waals surface area contributed by atoms with Crippen molar-refractivity contribution in [1.82, 2.24) is 0 Å². The molecule has 0 aliphatic heterocycles. The number of phenolic OH excluding ortho intramolecular Hbond substituents is 1. The predicted molar refractivity (Wildman–Crippen MR) is 56.5 cm³/mol. The van der Waals surface area contributed by atoms with Crippen molar-refractivity contribution in [2.75, 3.05) is 6.61 Å². The molecule has 5 heteroatoms. The van der Waals surface area contributed by atoms with E-state index in [2.05, 4.69) is 15.9 Å². The first-order chi connectivity index (χ1) is 7.11. The van der Waals surface area contributed by atoms with E-state index < -0.39 is 5.97 Å². The van der Waals surface area contributed by atoms with Gasteiger partial charge < -0.3 is 9.84 Å². The quantitative estimate of drug-likeness (QED) is 0.836. The molecule has 0 saturated carbocycles. The van der Waals surface area contributed by atoms with Crippen LogP contribution in [0.15, 0.2) is 16.6 Å². The van der Waals surface area contributed by atoms with Gasteiger partial charge in [0.05, 0.1) is 16.6 Å². The fourth-order valence-corrected chi connectivity index (χ4v) is 1.64. The van der Waals surface area contributed by atoms with Gasteiger partial charge in [0, 0.05) is 0 Å². The van der Waals surface area contributed by atoms with Gasteiger partial charge in [0.1, 0.15) is 17.4 Å². The second-order valence-corrected chi connectivity index (χ2v) is 3.45. The van der Waals surface area contributed by atoms with Gasteiger partial charge in [-0.15, -0.1) is 0 Å². The maximum Gasteiger partial charge on any atom is 0.343 e. The summed E-state index contributed by atoms with van der Waals surface area (Å²) < 4.78 is 5.00. The van der Waals surface area contributed by atoms with Crippen LogP contribution in [0.25, 0.3) is 0 Å². The van der Waals surface area contributed by atoms with Crippen LogP contribution < -0.4 is 0 Å². The van der Waals surface area contributed by atoms with Gasteiger partial charge in [-0.25, -0.2) is 4.79 Å². The molecule has 1 aromatic carbocycles. The van der Waals surface area contributed by atoms with Crippen molar-refractivity contribution in [1.29, 1.82) is 5.26 Å². The molecule has 0 fully saturated rings. The lowest BCUT2D eigenvalue weighted by molar-refractivity contribution is 0.0522. The molecule has 1 rings (SSSR count). The molecule has 78 valence electrons. The van der Waals surface area contributed by atoms with Gasteiger partial charge in [0.2, 0.25) is 0 Å². The highest BCUT2D eigenvalue weighted by Gasteiger charge is 2.18. The van der Waals surface area contributed by atoms with E-state index in [-0.39, 0.29) is 28.0 Å². The molecule has 0 heterocycles. The SMILES string of the molecule is CCOC(=O)c1c(O)ccc(C#N)c1Br. The van der Waals surface area contributed by atoms with Gasteiger partial charge >= 0.3 is 5.97 Å². The number of rotatable bonds is 2. The van der Waals surface area contributed by atoms with Gasteiger partial charge in [-0.3, -0.25) is 0 Å². The van der Waals surface area contributed by atoms with Crippen molar-refractivity contribution in [3.05, 3.63) is 27.7 Å². The van der Waals surface area contributed by atoms with Gasteiger partial charge in [0.25, 0.3) is 0 Å². The zero-order chi connectivity index (χ0) is 11.4. The largest absolute Gasteiger partial charge is 0.507 e. The smallest absolute Gasteiger partial charge is 0.343 e. The Hall–Kier alpha value is -1.54. The molecule has 15 heavy (non-hydrogen) atoms. The molecule has 0 aliphatic carbocycles. The molecule has 0 spiro atoms. The number of nitrogens with zero attached hydrogens (tertiary/aromatic N) is 1. The Bertz CT molecular complexity index is 437. The first kappa shape index (κ1) is 11.5. The highest BCUT2D eigenvalue weighted by Crippen LogP contribution is 2.29. The zero-order valence-electron chi connectivity index (χ0n) is 7.95. The van der Waals surface area contributed by atoms with E-state index in [1.54, 1.807) is 6.92 Å². The molecule has 0 atom stereocenters. The van der Waals surface area contributed by atoms with Crippen molar-refractivity contribution in [3.8, 4) is 11.8 Å². The summed E-state index contributed by atoms with van der Waals surface area (Å²) in [5.41, 5.74) is 0.256. The summed E-state index contributed by atoms with van der Waals surface area (Å²) >= 11 is 3.08. The van der Waals surface area contributed by atoms with E-state index in [1.807, 2.05) is 6.07 Å². The Morgan fingerprint density at radius 2 is 2.33 bits per heavy atom. The lowest BCUT2D eigenvalue weighted by Gasteiger charge is -2.07. The highest BCUT2D eigenvalue weighted by atomic mass is 79.9. The third-order valence-corrected chi connectivity index (χ3v) is 2.54. The number of nitriles is 1. The molecule has 0 amide bonds. The summed E-state index contributed by atoms with van der Waals surface area (Å²) in [5, 5.41) is 18.2. The standard InChI is InChI=1S/C10H8BrNO3/c1-2-15-10(14)8-7(13)4-3-6(5-12)9(8)11/h3-4,13H,2H2,1H3. The molecular weight excluding hydrogens is 262 g/mol. The summed E-state index contributed by atoms with van der Waals surface area (Å²) in [7, 11) is 0. The van der Waals surface area contributed by atoms with Gasteiger partial charge in [-0.05, 0) is 35.0 Å². The number of ether oxygens (including phenoxy) is 1. The topological polar surface area (TPSA) is 70.3 Å². The first-order valence-corrected chi connectivity index (χ1v) is 4.99. The van der Waals surface area contributed by atoms with E-state index >= 15 is 0 Å². The number of carbonyl (C=O) groups excluding carboxylic acids is 1. The minimum absolute atomic E-state index is 0.0177. The molecule has 4 nitrogen and oxygen atoms in total. The number of carbonyl (C=O) groups is 1. The zero-order valence-corrected chi connectivity index (χ0v) is 9.54. The molecule has 0 aromatic heterocycles. The fourth-order valence-electron chi connectivity index (χ4n) is 1.05. The van der Waals surface area contributed by atoms with Gasteiger partial charge in [-0.2, -0.15) is 5.26 Å². The molecule has 0 radical (unpaired) electrons. The maximum absolute atomic E-state index is 11.4. The molecular formula is C10H8BrNO3. The molecule has 0 saturated heterocycles. The van der Waals surface area contributed by atoms with E-state index in [0.29, 0.717) is 0 Å². The van der Waals surface area contributed by atoms with Gasteiger partial charge in [0.15, 0.2) is 0 Å². The van der Waals surface area contributed by atoms with E-state index in [4.69, 9.17) is 10.00 Å². The molecule has 0 unspecified atom stereocenters. The normalized spacial score (nSPS) is 9.40. The first-order valence-electron chi connectivity index (χ1n) is 4.20. The average Bonchev–Trinajstić information content (AvgIpc) is 2.18. The van der Waals surface area contributed by atoms with Crippen LogP contribution >= 0.6 is 15.9 Å². The van der Waals surface area contributed by atoms with Crippen LogP contribution in [0, 0.1) is 11.3 Å². The third kappa shape index (κ3) is 2.28. The third-order valence-electron chi connectivity index (χ3n) is 1.72. The van der Waals surface area contributed by atoms with E-state index in [1.165, 1.54) is 12.1 Å². The molecule has 1 N–H and O–H groups in total. The van der Waals surface area contributed by atoms with Crippen LogP contribution in [-0.2, 0) is 4.74 Å². The Morgan fingerprint density at radius 1 is 1.67 bits per heavy atom. The number of hydrogen-bond acceptors (Lipinski definition) is 4. The van der Waals surface area contributed by atoms with Crippen molar-refractivity contribution in [2.45, 2.75) is 6.92 Å². The minimum Gasteiger partial charge on any atom is -0.507 e. The van der Waals surface area contributed by atoms with Crippen molar-refractivity contribution >= 4 is 21.9 Å². The van der Waals surface area contributed by atoms with E-state index in [0.717, 1.165) is 0 Å². The molecule has 1 aromatic rings. The second-order valence-electron chi connectivity index (χ2n) is 2.65. The summed E-state index contributed by atoms with van der Waals surface area (Å²) in [5.74, 6) is -0.863. The van der Waals surface area contributed by atoms with Crippen molar-refractivity contribution < 1.29 is 14.6 Å². The minimum atomic E-state index is -0.654. The number of hydrogen-bond donors (Lipinski definition) is 1. The Balaban J connectivity index is 3.28. The monoisotopic (exact) mass is 269 g/mol. The lowest BCUT2D eigenvalue weighted by Crippen LogP contribution is -2.06. The van der Waals surface area contributed by atoms with Crippen molar-refractivity contribution in [2.24, 2.45) is 0 Å². The number of aromatic hydroxyl groups is 1. The Kier molecular flexibility index (Phi) is 3.69. The number of phenols is 1. The van der Waals surface area contributed by atoms with Crippen LogP contribution in [0.3, 0.4) is 0 Å². The van der Waals surface area contributed by atoms with Gasteiger partial charge in [-0.1, -0.05) is 0 Å². The summed E-state index contributed by atoms with van der Waals surface area (Å²) in [4.78, 5) is 11.4. The van der Waals surface area contributed by atoms with E-state index in [9.17, 15) is 9.90 Å². The molecule has 0 aliphatic rings.